The summed E-state index contributed by atoms with van der Waals surface area (Å²) in [7, 11) is -3.16. The molecule has 0 aromatic rings. The highest BCUT2D eigenvalue weighted by atomic mass is 32.2. The third-order valence-corrected chi connectivity index (χ3v) is 4.90. The van der Waals surface area contributed by atoms with Crippen molar-refractivity contribution in [2.75, 3.05) is 12.3 Å². The van der Waals surface area contributed by atoms with E-state index in [1.807, 2.05) is 20.8 Å². The lowest BCUT2D eigenvalue weighted by Gasteiger charge is -2.28. The van der Waals surface area contributed by atoms with E-state index in [0.29, 0.717) is 6.54 Å². The predicted octanol–water partition coefficient (Wildman–Crippen LogP) is 0.579. The van der Waals surface area contributed by atoms with Crippen molar-refractivity contribution in [3.63, 3.8) is 0 Å². The highest BCUT2D eigenvalue weighted by molar-refractivity contribution is 7.89. The molecule has 15 heavy (non-hydrogen) atoms. The molecule has 0 spiro atoms. The third-order valence-electron chi connectivity index (χ3n) is 2.58. The molecule has 0 radical (unpaired) electrons. The Hall–Kier alpha value is -0.200. The summed E-state index contributed by atoms with van der Waals surface area (Å²) in [6.45, 7) is 6.32. The first kappa shape index (κ1) is 12.9. The number of rotatable bonds is 3. The molecule has 1 aliphatic heterocycles. The minimum Gasteiger partial charge on any atom is -0.392 e. The van der Waals surface area contributed by atoms with E-state index in [1.165, 1.54) is 4.31 Å². The highest BCUT2D eigenvalue weighted by Crippen LogP contribution is 2.25. The van der Waals surface area contributed by atoms with E-state index in [-0.39, 0.29) is 28.6 Å². The fourth-order valence-corrected chi connectivity index (χ4v) is 4.69. The van der Waals surface area contributed by atoms with Crippen molar-refractivity contribution in [3.8, 4) is 0 Å². The lowest BCUT2D eigenvalue weighted by molar-refractivity contribution is 0.323. The van der Waals surface area contributed by atoms with Crippen LogP contribution in [0.25, 0.3) is 0 Å². The largest absolute Gasteiger partial charge is 0.392 e. The number of hydrogen-bond donors (Lipinski definition) is 1. The average molecular weight is 250 g/mol. The molecule has 0 aromatic carbocycles. The fraction of sp³-hybridized carbons (Fsp3) is 0.889. The van der Waals surface area contributed by atoms with Gasteiger partial charge >= 0.3 is 0 Å². The minimum absolute atomic E-state index is 0.113. The maximum atomic E-state index is 11.8. The second kappa shape index (κ2) is 4.35. The predicted molar refractivity (Wildman–Crippen MR) is 65.1 cm³/mol. The summed E-state index contributed by atoms with van der Waals surface area (Å²) >= 11 is 4.94. The van der Waals surface area contributed by atoms with E-state index in [9.17, 15) is 8.42 Å². The average Bonchev–Trinajstić information content (AvgIpc) is 2.23. The molecule has 0 aliphatic carbocycles. The molecule has 0 bridgehead atoms. The monoisotopic (exact) mass is 250 g/mol. The Morgan fingerprint density at radius 2 is 2.07 bits per heavy atom. The molecule has 1 fully saturated rings. The maximum absolute atomic E-state index is 11.8. The molecule has 88 valence electrons. The van der Waals surface area contributed by atoms with Gasteiger partial charge < -0.3 is 5.73 Å². The van der Waals surface area contributed by atoms with Crippen LogP contribution < -0.4 is 5.73 Å². The Morgan fingerprint density at radius 3 is 2.33 bits per heavy atom. The zero-order chi connectivity index (χ0) is 11.8. The Bertz CT molecular complexity index is 351. The Kier molecular flexibility index (Phi) is 3.73. The van der Waals surface area contributed by atoms with Gasteiger partial charge in [0.15, 0.2) is 0 Å². The molecule has 2 atom stereocenters. The lowest BCUT2D eigenvalue weighted by atomic mass is 10.0. The number of nitrogens with zero attached hydrogens (tertiary/aromatic N) is 1. The summed E-state index contributed by atoms with van der Waals surface area (Å²) in [5.74, 6) is 0.479. The van der Waals surface area contributed by atoms with E-state index in [1.54, 1.807) is 0 Å². The summed E-state index contributed by atoms with van der Waals surface area (Å²) in [6, 6.07) is -0.338. The van der Waals surface area contributed by atoms with E-state index in [2.05, 4.69) is 0 Å². The van der Waals surface area contributed by atoms with Gasteiger partial charge in [-0.3, -0.25) is 0 Å². The molecule has 1 saturated heterocycles. The van der Waals surface area contributed by atoms with E-state index in [0.717, 1.165) is 0 Å². The van der Waals surface area contributed by atoms with E-state index in [4.69, 9.17) is 18.0 Å². The van der Waals surface area contributed by atoms with Gasteiger partial charge in [-0.2, -0.15) is 4.31 Å². The van der Waals surface area contributed by atoms with Gasteiger partial charge in [-0.25, -0.2) is 8.42 Å². The molecule has 2 unspecified atom stereocenters. The lowest BCUT2D eigenvalue weighted by Crippen LogP contribution is -2.47. The first-order chi connectivity index (χ1) is 6.75. The second-order valence-corrected chi connectivity index (χ2v) is 6.98. The molecule has 1 heterocycles. The molecule has 0 amide bonds. The summed E-state index contributed by atoms with van der Waals surface area (Å²) in [5, 5.41) is 0. The van der Waals surface area contributed by atoms with Gasteiger partial charge in [0.2, 0.25) is 10.0 Å². The standard InChI is InChI=1S/C9H18N2O2S2/c1-6(2)8(9(10)14)11-4-7(3)5-15(11,12)13/h6-8H,4-5H2,1-3H3,(H2,10,14). The van der Waals surface area contributed by atoms with Crippen molar-refractivity contribution in [2.45, 2.75) is 26.8 Å². The minimum atomic E-state index is -3.16. The van der Waals surface area contributed by atoms with Crippen molar-refractivity contribution < 1.29 is 8.42 Å². The SMILES string of the molecule is CC1CN(C(C(N)=S)C(C)C)S(=O)(=O)C1. The highest BCUT2D eigenvalue weighted by Gasteiger charge is 2.40. The zero-order valence-electron chi connectivity index (χ0n) is 9.30. The van der Waals surface area contributed by atoms with E-state index < -0.39 is 10.0 Å². The molecule has 1 aliphatic rings. The molecule has 1 rings (SSSR count). The van der Waals surface area contributed by atoms with E-state index >= 15 is 0 Å². The van der Waals surface area contributed by atoms with Gasteiger partial charge in [0.25, 0.3) is 0 Å². The van der Waals surface area contributed by atoms with Crippen molar-refractivity contribution >= 4 is 27.2 Å². The number of nitrogens with two attached hydrogens (primary N) is 1. The van der Waals surface area contributed by atoms with Crippen LogP contribution in [0, 0.1) is 11.8 Å². The third kappa shape index (κ3) is 2.68. The summed E-state index contributed by atoms with van der Waals surface area (Å²) in [6.07, 6.45) is 0. The van der Waals surface area contributed by atoms with Crippen molar-refractivity contribution in [1.82, 2.24) is 4.31 Å². The van der Waals surface area contributed by atoms with Crippen LogP contribution in [0.5, 0.6) is 0 Å². The Balaban J connectivity index is 3.00. The van der Waals surface area contributed by atoms with Crippen LogP contribution in [-0.4, -0.2) is 36.1 Å². The quantitative estimate of drug-likeness (QED) is 0.744. The van der Waals surface area contributed by atoms with Gasteiger partial charge in [-0.15, -0.1) is 0 Å². The molecular weight excluding hydrogens is 232 g/mol. The van der Waals surface area contributed by atoms with Crippen molar-refractivity contribution in [1.29, 1.82) is 0 Å². The van der Waals surface area contributed by atoms with Crippen molar-refractivity contribution in [2.24, 2.45) is 17.6 Å². The first-order valence-electron chi connectivity index (χ1n) is 5.04. The number of thiocarbonyl (C=S) groups is 1. The molecule has 0 aromatic heterocycles. The smallest absolute Gasteiger partial charge is 0.215 e. The zero-order valence-corrected chi connectivity index (χ0v) is 10.9. The molecular formula is C9H18N2O2S2. The van der Waals surface area contributed by atoms with Gasteiger partial charge in [0.1, 0.15) is 0 Å². The Labute approximate surface area is 96.9 Å². The maximum Gasteiger partial charge on any atom is 0.215 e. The van der Waals surface area contributed by atoms with Gasteiger partial charge in [0.05, 0.1) is 16.8 Å². The number of hydrogen-bond acceptors (Lipinski definition) is 3. The molecule has 0 saturated carbocycles. The van der Waals surface area contributed by atoms with Crippen LogP contribution in [0.2, 0.25) is 0 Å². The molecule has 6 heteroatoms. The van der Waals surface area contributed by atoms with Crippen LogP contribution in [0.1, 0.15) is 20.8 Å². The van der Waals surface area contributed by atoms with Gasteiger partial charge in [-0.05, 0) is 11.8 Å². The van der Waals surface area contributed by atoms with Crippen LogP contribution >= 0.6 is 12.2 Å². The van der Waals surface area contributed by atoms with Crippen LogP contribution in [0.15, 0.2) is 0 Å². The van der Waals surface area contributed by atoms with Crippen molar-refractivity contribution in [3.05, 3.63) is 0 Å². The topological polar surface area (TPSA) is 63.4 Å². The number of sulfonamides is 1. The summed E-state index contributed by atoms with van der Waals surface area (Å²) < 4.78 is 25.1. The summed E-state index contributed by atoms with van der Waals surface area (Å²) in [5.41, 5.74) is 5.61. The first-order valence-corrected chi connectivity index (χ1v) is 7.06. The van der Waals surface area contributed by atoms with Crippen LogP contribution in [0.3, 0.4) is 0 Å². The summed E-state index contributed by atoms with van der Waals surface area (Å²) in [4.78, 5) is 0.266. The van der Waals surface area contributed by atoms with Gasteiger partial charge in [0, 0.05) is 6.54 Å². The van der Waals surface area contributed by atoms with Gasteiger partial charge in [-0.1, -0.05) is 33.0 Å². The van der Waals surface area contributed by atoms with Crippen LogP contribution in [-0.2, 0) is 10.0 Å². The van der Waals surface area contributed by atoms with Crippen LogP contribution in [0.4, 0.5) is 0 Å². The fourth-order valence-electron chi connectivity index (χ4n) is 2.02. The normalized spacial score (nSPS) is 28.1. The molecule has 2 N–H and O–H groups in total. The Morgan fingerprint density at radius 1 is 1.53 bits per heavy atom. The second-order valence-electron chi connectivity index (χ2n) is 4.54. The molecule has 4 nitrogen and oxygen atoms in total.